The van der Waals surface area contributed by atoms with E-state index in [1.807, 2.05) is 18.2 Å². The van der Waals surface area contributed by atoms with E-state index in [1.54, 1.807) is 48.4 Å². The summed E-state index contributed by atoms with van der Waals surface area (Å²) in [6.07, 6.45) is -0.537. The molecule has 196 valence electrons. The molecule has 2 aromatic carbocycles. The zero-order chi connectivity index (χ0) is 25.4. The molecule has 1 unspecified atom stereocenters. The van der Waals surface area contributed by atoms with Gasteiger partial charge < -0.3 is 39.2 Å². The van der Waals surface area contributed by atoms with Gasteiger partial charge in [-0.25, -0.2) is 9.59 Å². The second kappa shape index (κ2) is 15.6. The molecule has 2 N–H and O–H groups in total. The van der Waals surface area contributed by atoms with Crippen LogP contribution >= 0.6 is 0 Å². The summed E-state index contributed by atoms with van der Waals surface area (Å²) >= 11 is 0. The minimum Gasteiger partial charge on any atom is -0.491 e. The van der Waals surface area contributed by atoms with Crippen LogP contribution in [0, 0.1) is 0 Å². The Morgan fingerprint density at radius 3 is 2.33 bits per heavy atom. The molecule has 0 aliphatic carbocycles. The number of hydrogen-bond acceptors (Lipinski definition) is 8. The van der Waals surface area contributed by atoms with Gasteiger partial charge in [0.2, 0.25) is 0 Å². The van der Waals surface area contributed by atoms with Gasteiger partial charge in [0, 0.05) is 39.8 Å². The molecule has 0 saturated carbocycles. The lowest BCUT2D eigenvalue weighted by atomic mass is 10.2. The lowest BCUT2D eigenvalue weighted by molar-refractivity contribution is 0.0178. The van der Waals surface area contributed by atoms with E-state index in [0.717, 1.165) is 0 Å². The Balaban J connectivity index is 1.46. The summed E-state index contributed by atoms with van der Waals surface area (Å²) < 4.78 is 27.4. The number of ether oxygens (including phenoxy) is 5. The highest BCUT2D eigenvalue weighted by Crippen LogP contribution is 2.18. The SMILES string of the molecule is COCCOc1ccc(OCC(CNCCNC(=O)N2CCOCC2)OC(=O)c2ccccc2)cc1. The topological polar surface area (TPSA) is 108 Å². The van der Waals surface area contributed by atoms with Crippen molar-refractivity contribution in [3.63, 3.8) is 0 Å². The molecule has 1 saturated heterocycles. The van der Waals surface area contributed by atoms with Gasteiger partial charge in [-0.3, -0.25) is 0 Å². The Morgan fingerprint density at radius 2 is 1.64 bits per heavy atom. The fourth-order valence-electron chi connectivity index (χ4n) is 3.39. The van der Waals surface area contributed by atoms with Crippen molar-refractivity contribution in [2.75, 3.05) is 72.9 Å². The molecular formula is C26H35N3O7. The van der Waals surface area contributed by atoms with Crippen LogP contribution in [0.4, 0.5) is 4.79 Å². The Labute approximate surface area is 211 Å². The van der Waals surface area contributed by atoms with Crippen molar-refractivity contribution in [3.05, 3.63) is 60.2 Å². The van der Waals surface area contributed by atoms with Crippen LogP contribution in [-0.2, 0) is 14.2 Å². The van der Waals surface area contributed by atoms with E-state index in [0.29, 0.717) is 76.2 Å². The summed E-state index contributed by atoms with van der Waals surface area (Å²) in [5.74, 6) is 0.924. The third kappa shape index (κ3) is 9.73. The number of esters is 1. The molecular weight excluding hydrogens is 466 g/mol. The van der Waals surface area contributed by atoms with Crippen LogP contribution in [0.25, 0.3) is 0 Å². The van der Waals surface area contributed by atoms with Crippen molar-refractivity contribution >= 4 is 12.0 Å². The van der Waals surface area contributed by atoms with Crippen molar-refractivity contribution in [2.24, 2.45) is 0 Å². The first-order valence-corrected chi connectivity index (χ1v) is 12.1. The zero-order valence-electron chi connectivity index (χ0n) is 20.6. The summed E-state index contributed by atoms with van der Waals surface area (Å²) in [6, 6.07) is 15.9. The fraction of sp³-hybridized carbons (Fsp3) is 0.462. The van der Waals surface area contributed by atoms with Gasteiger partial charge in [-0.1, -0.05) is 18.2 Å². The Bertz CT molecular complexity index is 906. The maximum atomic E-state index is 12.6. The monoisotopic (exact) mass is 501 g/mol. The van der Waals surface area contributed by atoms with Crippen molar-refractivity contribution in [1.82, 2.24) is 15.5 Å². The Morgan fingerprint density at radius 1 is 0.944 bits per heavy atom. The van der Waals surface area contributed by atoms with Crippen LogP contribution in [0.2, 0.25) is 0 Å². The molecule has 0 bridgehead atoms. The normalized spacial score (nSPS) is 14.1. The van der Waals surface area contributed by atoms with Gasteiger partial charge in [0.05, 0.1) is 25.4 Å². The molecule has 1 atom stereocenters. The minimum atomic E-state index is -0.537. The molecule has 1 aliphatic rings. The molecule has 10 heteroatoms. The number of carbonyl (C=O) groups excluding carboxylic acids is 2. The van der Waals surface area contributed by atoms with Gasteiger partial charge in [0.25, 0.3) is 0 Å². The number of methoxy groups -OCH3 is 1. The molecule has 10 nitrogen and oxygen atoms in total. The Hall–Kier alpha value is -3.34. The quantitative estimate of drug-likeness (QED) is 0.299. The van der Waals surface area contributed by atoms with E-state index in [9.17, 15) is 9.59 Å². The summed E-state index contributed by atoms with van der Waals surface area (Å²) in [7, 11) is 1.62. The first-order valence-electron chi connectivity index (χ1n) is 12.1. The molecule has 2 amide bonds. The van der Waals surface area contributed by atoms with E-state index in [-0.39, 0.29) is 12.6 Å². The number of amides is 2. The zero-order valence-corrected chi connectivity index (χ0v) is 20.6. The average molecular weight is 502 g/mol. The van der Waals surface area contributed by atoms with Gasteiger partial charge >= 0.3 is 12.0 Å². The molecule has 1 heterocycles. The number of rotatable bonds is 14. The summed E-state index contributed by atoms with van der Waals surface area (Å²) in [5, 5.41) is 6.11. The van der Waals surface area contributed by atoms with Crippen LogP contribution in [0.5, 0.6) is 11.5 Å². The van der Waals surface area contributed by atoms with Gasteiger partial charge in [-0.15, -0.1) is 0 Å². The lowest BCUT2D eigenvalue weighted by Crippen LogP contribution is -2.48. The molecule has 1 fully saturated rings. The molecule has 0 radical (unpaired) electrons. The number of hydrogen-bond donors (Lipinski definition) is 2. The van der Waals surface area contributed by atoms with Crippen LogP contribution in [0.1, 0.15) is 10.4 Å². The fourth-order valence-corrected chi connectivity index (χ4v) is 3.39. The first kappa shape index (κ1) is 27.3. The predicted octanol–water partition coefficient (Wildman–Crippen LogP) is 1.95. The Kier molecular flexibility index (Phi) is 11.8. The van der Waals surface area contributed by atoms with Gasteiger partial charge in [-0.2, -0.15) is 0 Å². The van der Waals surface area contributed by atoms with E-state index in [2.05, 4.69) is 10.6 Å². The maximum Gasteiger partial charge on any atom is 0.338 e. The van der Waals surface area contributed by atoms with Gasteiger partial charge in [0.1, 0.15) is 30.8 Å². The smallest absolute Gasteiger partial charge is 0.338 e. The minimum absolute atomic E-state index is 0.106. The average Bonchev–Trinajstić information content (AvgIpc) is 2.93. The summed E-state index contributed by atoms with van der Waals surface area (Å²) in [6.45, 7) is 4.77. The number of morpholine rings is 1. The summed E-state index contributed by atoms with van der Waals surface area (Å²) in [5.41, 5.74) is 0.470. The first-order chi connectivity index (χ1) is 17.7. The number of carbonyl (C=O) groups is 2. The predicted molar refractivity (Wildman–Crippen MR) is 134 cm³/mol. The highest BCUT2D eigenvalue weighted by molar-refractivity contribution is 5.89. The van der Waals surface area contributed by atoms with Gasteiger partial charge in [0.15, 0.2) is 0 Å². The molecule has 0 spiro atoms. The molecule has 0 aromatic heterocycles. The standard InChI is InChI=1S/C26H35N3O7/c1-32-17-18-34-22-7-9-23(10-8-22)35-20-24(36-25(30)21-5-3-2-4-6-21)19-27-11-12-28-26(31)29-13-15-33-16-14-29/h2-10,24,27H,11-20H2,1H3,(H,28,31). The highest BCUT2D eigenvalue weighted by Gasteiger charge is 2.18. The number of nitrogens with one attached hydrogen (secondary N) is 2. The van der Waals surface area contributed by atoms with Crippen LogP contribution in [0.3, 0.4) is 0 Å². The highest BCUT2D eigenvalue weighted by atomic mass is 16.6. The second-order valence-electron chi connectivity index (χ2n) is 8.05. The van der Waals surface area contributed by atoms with Crippen molar-refractivity contribution < 1.29 is 33.3 Å². The van der Waals surface area contributed by atoms with E-state index < -0.39 is 12.1 Å². The second-order valence-corrected chi connectivity index (χ2v) is 8.05. The van der Waals surface area contributed by atoms with Crippen molar-refractivity contribution in [1.29, 1.82) is 0 Å². The van der Waals surface area contributed by atoms with Crippen molar-refractivity contribution in [2.45, 2.75) is 6.10 Å². The third-order valence-corrected chi connectivity index (χ3v) is 5.35. The van der Waals surface area contributed by atoms with Crippen molar-refractivity contribution in [3.8, 4) is 11.5 Å². The maximum absolute atomic E-state index is 12.6. The largest absolute Gasteiger partial charge is 0.491 e. The van der Waals surface area contributed by atoms with E-state index in [4.69, 9.17) is 23.7 Å². The van der Waals surface area contributed by atoms with E-state index in [1.165, 1.54) is 0 Å². The number of benzene rings is 2. The van der Waals surface area contributed by atoms with Crippen LogP contribution in [-0.4, -0.2) is 95.9 Å². The van der Waals surface area contributed by atoms with Crippen LogP contribution in [0.15, 0.2) is 54.6 Å². The molecule has 3 rings (SSSR count). The molecule has 2 aromatic rings. The number of nitrogens with zero attached hydrogens (tertiary/aromatic N) is 1. The lowest BCUT2D eigenvalue weighted by Gasteiger charge is -2.27. The molecule has 1 aliphatic heterocycles. The molecule has 36 heavy (non-hydrogen) atoms. The summed E-state index contributed by atoms with van der Waals surface area (Å²) in [4.78, 5) is 26.5. The van der Waals surface area contributed by atoms with E-state index >= 15 is 0 Å². The van der Waals surface area contributed by atoms with Crippen LogP contribution < -0.4 is 20.1 Å². The third-order valence-electron chi connectivity index (χ3n) is 5.35. The van der Waals surface area contributed by atoms with Gasteiger partial charge in [-0.05, 0) is 36.4 Å². The number of urea groups is 1.